The maximum atomic E-state index is 5.25. The molecule has 0 radical (unpaired) electrons. The fraction of sp³-hybridized carbons (Fsp3) is 0. The van der Waals surface area contributed by atoms with E-state index in [1.54, 1.807) is 0 Å². The van der Waals surface area contributed by atoms with Gasteiger partial charge in [-0.1, -0.05) is 200 Å². The van der Waals surface area contributed by atoms with E-state index in [2.05, 4.69) is 197 Å². The number of benzene rings is 9. The summed E-state index contributed by atoms with van der Waals surface area (Å²) < 4.78 is 4.74. The molecule has 0 spiro atoms. The van der Waals surface area contributed by atoms with Crippen molar-refractivity contribution >= 4 is 43.6 Å². The standard InChI is InChI=1S/C57H37N5/c1-5-19-38(20-6-1)42-27-17-28-43(37-42)45-32-18-31-44(39-21-7-2-8-22-39)53(45)62-49-33-15-13-29-46(49)47-35-36-51-52(54(47)62)48-30-14-16-34-50(48)61(51)57-59-55(40-23-9-3-10-24-40)58-56(60-57)41-25-11-4-12-26-41/h1-37H. The predicted octanol–water partition coefficient (Wildman–Crippen LogP) is 14.4. The van der Waals surface area contributed by atoms with Crippen LogP contribution in [-0.2, 0) is 0 Å². The number of hydrogen-bond acceptors (Lipinski definition) is 3. The Morgan fingerprint density at radius 3 is 1.42 bits per heavy atom. The Labute approximate surface area is 358 Å². The van der Waals surface area contributed by atoms with Gasteiger partial charge in [0.15, 0.2) is 11.6 Å². The van der Waals surface area contributed by atoms with Gasteiger partial charge in [-0.15, -0.1) is 0 Å². The molecule has 0 unspecified atom stereocenters. The van der Waals surface area contributed by atoms with E-state index in [1.807, 2.05) is 36.4 Å². The zero-order valence-electron chi connectivity index (χ0n) is 33.6. The van der Waals surface area contributed by atoms with Crippen molar-refractivity contribution in [2.75, 3.05) is 0 Å². The summed E-state index contributed by atoms with van der Waals surface area (Å²) in [5.41, 5.74) is 14.2. The van der Waals surface area contributed by atoms with Crippen LogP contribution >= 0.6 is 0 Å². The second kappa shape index (κ2) is 14.7. The highest BCUT2D eigenvalue weighted by Gasteiger charge is 2.25. The first-order chi connectivity index (χ1) is 30.8. The maximum Gasteiger partial charge on any atom is 0.238 e. The Morgan fingerprint density at radius 1 is 0.290 bits per heavy atom. The van der Waals surface area contributed by atoms with Gasteiger partial charge in [0.1, 0.15) is 0 Å². The summed E-state index contributed by atoms with van der Waals surface area (Å²) in [6, 6.07) is 79.4. The third-order valence-corrected chi connectivity index (χ3v) is 12.0. The van der Waals surface area contributed by atoms with Crippen LogP contribution in [0.15, 0.2) is 224 Å². The van der Waals surface area contributed by atoms with Gasteiger partial charge < -0.3 is 4.57 Å². The van der Waals surface area contributed by atoms with E-state index in [4.69, 9.17) is 15.0 Å². The SMILES string of the molecule is c1ccc(-c2cccc(-c3cccc(-c4ccccc4)c3-n3c4ccccc4c4ccc5c(c6ccccc6n5-c5nc(-c6ccccc6)nc(-c6ccccc6)n5)c43)c2)cc1. The van der Waals surface area contributed by atoms with Crippen molar-refractivity contribution in [1.82, 2.24) is 24.1 Å². The van der Waals surface area contributed by atoms with Crippen LogP contribution in [-0.4, -0.2) is 24.1 Å². The van der Waals surface area contributed by atoms with Crippen LogP contribution in [0.3, 0.4) is 0 Å². The molecule has 0 bridgehead atoms. The second-order valence-electron chi connectivity index (χ2n) is 15.6. The minimum Gasteiger partial charge on any atom is -0.307 e. The molecule has 0 amide bonds. The van der Waals surface area contributed by atoms with Gasteiger partial charge in [0.25, 0.3) is 0 Å². The zero-order chi connectivity index (χ0) is 41.0. The summed E-state index contributed by atoms with van der Waals surface area (Å²) in [7, 11) is 0. The fourth-order valence-corrected chi connectivity index (χ4v) is 9.22. The van der Waals surface area contributed by atoms with Gasteiger partial charge in [-0.2, -0.15) is 9.97 Å². The monoisotopic (exact) mass is 791 g/mol. The highest BCUT2D eigenvalue weighted by atomic mass is 15.2. The molecule has 62 heavy (non-hydrogen) atoms. The van der Waals surface area contributed by atoms with E-state index < -0.39 is 0 Å². The van der Waals surface area contributed by atoms with Gasteiger partial charge in [-0.25, -0.2) is 4.98 Å². The maximum absolute atomic E-state index is 5.25. The Morgan fingerprint density at radius 2 is 0.774 bits per heavy atom. The molecule has 0 aliphatic heterocycles. The molecule has 5 heteroatoms. The fourth-order valence-electron chi connectivity index (χ4n) is 9.22. The lowest BCUT2D eigenvalue weighted by Crippen LogP contribution is -2.06. The summed E-state index contributed by atoms with van der Waals surface area (Å²) in [6.07, 6.45) is 0. The normalized spacial score (nSPS) is 11.5. The van der Waals surface area contributed by atoms with Crippen LogP contribution in [0.25, 0.3) is 111 Å². The highest BCUT2D eigenvalue weighted by molar-refractivity contribution is 6.26. The van der Waals surface area contributed by atoms with Crippen LogP contribution in [0.1, 0.15) is 0 Å². The Hall–Kier alpha value is -8.41. The van der Waals surface area contributed by atoms with Crippen molar-refractivity contribution in [2.24, 2.45) is 0 Å². The Kier molecular flexibility index (Phi) is 8.42. The third-order valence-electron chi connectivity index (χ3n) is 12.0. The Bertz CT molecular complexity index is 3550. The molecule has 0 fully saturated rings. The number of hydrogen-bond donors (Lipinski definition) is 0. The minimum atomic E-state index is 0.564. The third kappa shape index (κ3) is 5.82. The largest absolute Gasteiger partial charge is 0.307 e. The average molecular weight is 792 g/mol. The van der Waals surface area contributed by atoms with Crippen LogP contribution in [0.5, 0.6) is 0 Å². The van der Waals surface area contributed by atoms with Gasteiger partial charge in [0.05, 0.1) is 27.8 Å². The summed E-state index contributed by atoms with van der Waals surface area (Å²) in [6.45, 7) is 0. The number of aromatic nitrogens is 5. The first-order valence-corrected chi connectivity index (χ1v) is 21.0. The summed E-state index contributed by atoms with van der Waals surface area (Å²) in [4.78, 5) is 15.5. The quantitative estimate of drug-likeness (QED) is 0.162. The summed E-state index contributed by atoms with van der Waals surface area (Å²) in [5.74, 6) is 1.80. The van der Waals surface area contributed by atoms with E-state index in [0.717, 1.165) is 71.9 Å². The van der Waals surface area contributed by atoms with E-state index in [9.17, 15) is 0 Å². The van der Waals surface area contributed by atoms with E-state index in [1.165, 1.54) is 21.9 Å². The van der Waals surface area contributed by atoms with Crippen molar-refractivity contribution in [2.45, 2.75) is 0 Å². The lowest BCUT2D eigenvalue weighted by atomic mass is 9.93. The van der Waals surface area contributed by atoms with Crippen molar-refractivity contribution in [3.05, 3.63) is 224 Å². The minimum absolute atomic E-state index is 0.564. The van der Waals surface area contributed by atoms with Crippen LogP contribution in [0.2, 0.25) is 0 Å². The Balaban J connectivity index is 1.21. The molecular weight excluding hydrogens is 755 g/mol. The van der Waals surface area contributed by atoms with Gasteiger partial charge in [-0.05, 0) is 46.5 Å². The van der Waals surface area contributed by atoms with E-state index >= 15 is 0 Å². The first kappa shape index (κ1) is 35.5. The van der Waals surface area contributed by atoms with Crippen LogP contribution in [0.4, 0.5) is 0 Å². The highest BCUT2D eigenvalue weighted by Crippen LogP contribution is 2.46. The van der Waals surface area contributed by atoms with Crippen molar-refractivity contribution in [1.29, 1.82) is 0 Å². The molecule has 9 aromatic carbocycles. The predicted molar refractivity (Wildman–Crippen MR) is 256 cm³/mol. The van der Waals surface area contributed by atoms with Gasteiger partial charge >= 0.3 is 0 Å². The number of nitrogens with zero attached hydrogens (tertiary/aromatic N) is 5. The molecular formula is C57H37N5. The molecule has 5 nitrogen and oxygen atoms in total. The number of para-hydroxylation sites is 3. The molecule has 3 aromatic heterocycles. The zero-order valence-corrected chi connectivity index (χ0v) is 33.6. The second-order valence-corrected chi connectivity index (χ2v) is 15.6. The lowest BCUT2D eigenvalue weighted by molar-refractivity contribution is 0.953. The van der Waals surface area contributed by atoms with Crippen molar-refractivity contribution in [3.8, 4) is 67.8 Å². The molecule has 3 heterocycles. The average Bonchev–Trinajstić information content (AvgIpc) is 3.87. The molecule has 0 atom stereocenters. The number of fused-ring (bicyclic) bond motifs is 7. The van der Waals surface area contributed by atoms with Crippen molar-refractivity contribution in [3.63, 3.8) is 0 Å². The molecule has 0 aliphatic rings. The van der Waals surface area contributed by atoms with Gasteiger partial charge in [0, 0.05) is 43.8 Å². The van der Waals surface area contributed by atoms with Gasteiger partial charge in [-0.3, -0.25) is 4.57 Å². The molecule has 0 aliphatic carbocycles. The molecule has 0 N–H and O–H groups in total. The molecule has 12 rings (SSSR count). The first-order valence-electron chi connectivity index (χ1n) is 21.0. The summed E-state index contributed by atoms with van der Waals surface area (Å²) >= 11 is 0. The van der Waals surface area contributed by atoms with E-state index in [0.29, 0.717) is 17.6 Å². The number of rotatable bonds is 7. The molecule has 12 aromatic rings. The van der Waals surface area contributed by atoms with E-state index in [-0.39, 0.29) is 0 Å². The van der Waals surface area contributed by atoms with Crippen LogP contribution in [0, 0.1) is 0 Å². The molecule has 290 valence electrons. The van der Waals surface area contributed by atoms with Crippen molar-refractivity contribution < 1.29 is 0 Å². The topological polar surface area (TPSA) is 48.5 Å². The smallest absolute Gasteiger partial charge is 0.238 e. The lowest BCUT2D eigenvalue weighted by Gasteiger charge is -2.20. The van der Waals surface area contributed by atoms with Crippen LogP contribution < -0.4 is 0 Å². The molecule has 0 saturated carbocycles. The van der Waals surface area contributed by atoms with Gasteiger partial charge in [0.2, 0.25) is 5.95 Å². The summed E-state index contributed by atoms with van der Waals surface area (Å²) in [5, 5.41) is 4.61. The molecule has 0 saturated heterocycles.